The summed E-state index contributed by atoms with van der Waals surface area (Å²) in [5.74, 6) is 4.21. The molecule has 0 bridgehead atoms. The third kappa shape index (κ3) is 3.57. The first-order valence-corrected chi connectivity index (χ1v) is 15.1. The van der Waals surface area contributed by atoms with Gasteiger partial charge in [-0.15, -0.1) is 11.3 Å². The molecular formula is C29H39NOS2. The largest absolute Gasteiger partial charge is 0.388 e. The van der Waals surface area contributed by atoms with Gasteiger partial charge in [-0.1, -0.05) is 68.8 Å². The summed E-state index contributed by atoms with van der Waals surface area (Å²) in [7, 11) is 0. The second-order valence-electron chi connectivity index (χ2n) is 12.1. The van der Waals surface area contributed by atoms with E-state index in [0.717, 1.165) is 34.3 Å². The summed E-state index contributed by atoms with van der Waals surface area (Å²) in [6.45, 7) is 5.11. The van der Waals surface area contributed by atoms with E-state index in [4.69, 9.17) is 4.98 Å². The lowest BCUT2D eigenvalue weighted by Gasteiger charge is -2.61. The zero-order valence-corrected chi connectivity index (χ0v) is 21.9. The molecule has 4 aliphatic carbocycles. The van der Waals surface area contributed by atoms with Crippen LogP contribution >= 0.6 is 23.1 Å². The highest BCUT2D eigenvalue weighted by molar-refractivity contribution is 8.01. The zero-order chi connectivity index (χ0) is 22.7. The molecule has 0 aliphatic heterocycles. The number of hydrogen-bond acceptors (Lipinski definition) is 4. The molecule has 1 aromatic carbocycles. The van der Waals surface area contributed by atoms with Crippen LogP contribution in [0.3, 0.4) is 0 Å². The predicted octanol–water partition coefficient (Wildman–Crippen LogP) is 8.07. The van der Waals surface area contributed by atoms with Crippen molar-refractivity contribution in [1.29, 1.82) is 0 Å². The van der Waals surface area contributed by atoms with Crippen LogP contribution in [-0.4, -0.2) is 21.4 Å². The number of nitrogens with zero attached hydrogens (tertiary/aromatic N) is 1. The van der Waals surface area contributed by atoms with Crippen LogP contribution in [0.15, 0.2) is 40.9 Å². The van der Waals surface area contributed by atoms with E-state index in [1.54, 1.807) is 23.1 Å². The standard InChI is InChI=1S/C29H39NOS2/c1-27-15-7-6-10-21(27)11-12-22-23(27)13-16-28(2)24(22)14-17-29(28,31)19-32-26-30-18-25(33-26)20-8-4-3-5-9-20/h3-5,8-9,18,21-24,31H,6-7,10-17,19H2,1-2H3/t21-,22-,23+,24+,27-,28-,29+/m0/s1. The molecule has 33 heavy (non-hydrogen) atoms. The number of fused-ring (bicyclic) bond motifs is 5. The van der Waals surface area contributed by atoms with Crippen molar-refractivity contribution < 1.29 is 5.11 Å². The molecule has 0 amide bonds. The lowest BCUT2D eigenvalue weighted by Crippen LogP contribution is -2.56. The van der Waals surface area contributed by atoms with Crippen LogP contribution in [0.5, 0.6) is 0 Å². The van der Waals surface area contributed by atoms with E-state index in [9.17, 15) is 5.11 Å². The van der Waals surface area contributed by atoms with E-state index < -0.39 is 5.60 Å². The Labute approximate surface area is 208 Å². The van der Waals surface area contributed by atoms with E-state index in [0.29, 0.717) is 11.3 Å². The van der Waals surface area contributed by atoms with Crippen molar-refractivity contribution in [2.24, 2.45) is 34.5 Å². The molecular weight excluding hydrogens is 442 g/mol. The maximum atomic E-state index is 12.1. The van der Waals surface area contributed by atoms with Crippen molar-refractivity contribution in [1.82, 2.24) is 4.98 Å². The summed E-state index contributed by atoms with van der Waals surface area (Å²) >= 11 is 3.56. The maximum absolute atomic E-state index is 12.1. The van der Waals surface area contributed by atoms with Gasteiger partial charge in [-0.3, -0.25) is 0 Å². The Bertz CT molecular complexity index is 991. The Morgan fingerprint density at radius 1 is 0.970 bits per heavy atom. The van der Waals surface area contributed by atoms with Crippen molar-refractivity contribution in [3.05, 3.63) is 36.5 Å². The summed E-state index contributed by atoms with van der Waals surface area (Å²) in [5.41, 5.74) is 1.32. The SMILES string of the molecule is C[C@]12CCCC[C@H]1CC[C@H]1[C@H]2CC[C@@]2(C)[C@@H]1CC[C@@]2(O)CSc1ncc(-c2ccccc2)s1. The average molecular weight is 482 g/mol. The molecule has 0 spiro atoms. The molecule has 1 heterocycles. The molecule has 178 valence electrons. The highest BCUT2D eigenvalue weighted by Crippen LogP contribution is 2.68. The van der Waals surface area contributed by atoms with Crippen LogP contribution in [0, 0.1) is 34.5 Å². The van der Waals surface area contributed by atoms with Crippen molar-refractivity contribution >= 4 is 23.1 Å². The van der Waals surface area contributed by atoms with Gasteiger partial charge in [0.1, 0.15) is 4.34 Å². The second kappa shape index (κ2) is 8.38. The number of benzene rings is 1. The summed E-state index contributed by atoms with van der Waals surface area (Å²) in [6, 6.07) is 10.5. The molecule has 6 rings (SSSR count). The van der Waals surface area contributed by atoms with Gasteiger partial charge in [0.05, 0.1) is 10.5 Å². The summed E-state index contributed by atoms with van der Waals surface area (Å²) in [4.78, 5) is 5.92. The fraction of sp³-hybridized carbons (Fsp3) is 0.690. The van der Waals surface area contributed by atoms with Crippen LogP contribution in [0.1, 0.15) is 78.1 Å². The topological polar surface area (TPSA) is 33.1 Å². The molecule has 0 saturated heterocycles. The highest BCUT2D eigenvalue weighted by Gasteiger charge is 2.64. The molecule has 4 heteroatoms. The van der Waals surface area contributed by atoms with E-state index >= 15 is 0 Å². The normalized spacial score (nSPS) is 42.4. The Hall–Kier alpha value is -0.840. The van der Waals surface area contributed by atoms with E-state index in [1.165, 1.54) is 68.2 Å². The lowest BCUT2D eigenvalue weighted by molar-refractivity contribution is -0.143. The van der Waals surface area contributed by atoms with Crippen LogP contribution < -0.4 is 0 Å². The number of aliphatic hydroxyl groups is 1. The van der Waals surface area contributed by atoms with Crippen molar-refractivity contribution in [3.8, 4) is 10.4 Å². The molecule has 1 aromatic heterocycles. The summed E-state index contributed by atoms with van der Waals surface area (Å²) in [6.07, 6.45) is 15.4. The van der Waals surface area contributed by atoms with Crippen LogP contribution in [0.25, 0.3) is 10.4 Å². The lowest BCUT2D eigenvalue weighted by atomic mass is 9.44. The minimum absolute atomic E-state index is 0.0680. The second-order valence-corrected chi connectivity index (χ2v) is 14.3. The molecule has 2 nitrogen and oxygen atoms in total. The molecule has 2 aromatic rings. The molecule has 4 saturated carbocycles. The predicted molar refractivity (Wildman–Crippen MR) is 140 cm³/mol. The summed E-state index contributed by atoms with van der Waals surface area (Å²) < 4.78 is 1.10. The number of thiazole rings is 1. The van der Waals surface area contributed by atoms with Crippen molar-refractivity contribution in [2.45, 2.75) is 88.0 Å². The van der Waals surface area contributed by atoms with Gasteiger partial charge in [0, 0.05) is 17.4 Å². The van der Waals surface area contributed by atoms with Gasteiger partial charge in [0.15, 0.2) is 0 Å². The Morgan fingerprint density at radius 2 is 1.79 bits per heavy atom. The van der Waals surface area contributed by atoms with Crippen LogP contribution in [0.2, 0.25) is 0 Å². The molecule has 4 fully saturated rings. The van der Waals surface area contributed by atoms with Crippen molar-refractivity contribution in [3.63, 3.8) is 0 Å². The number of rotatable bonds is 4. The van der Waals surface area contributed by atoms with Gasteiger partial charge in [-0.25, -0.2) is 4.98 Å². The van der Waals surface area contributed by atoms with Gasteiger partial charge in [-0.05, 0) is 86.0 Å². The number of thioether (sulfide) groups is 1. The fourth-order valence-electron chi connectivity index (χ4n) is 8.88. The quantitative estimate of drug-likeness (QED) is 0.448. The number of hydrogen-bond donors (Lipinski definition) is 1. The monoisotopic (exact) mass is 481 g/mol. The average Bonchev–Trinajstić information content (AvgIpc) is 3.41. The van der Waals surface area contributed by atoms with E-state index in [2.05, 4.69) is 44.2 Å². The Balaban J connectivity index is 1.18. The molecule has 0 unspecified atom stereocenters. The van der Waals surface area contributed by atoms with E-state index in [-0.39, 0.29) is 5.41 Å². The van der Waals surface area contributed by atoms with Crippen molar-refractivity contribution in [2.75, 3.05) is 5.75 Å². The third-order valence-corrected chi connectivity index (χ3v) is 13.3. The molecule has 7 atom stereocenters. The first kappa shape index (κ1) is 22.6. The first-order valence-electron chi connectivity index (χ1n) is 13.3. The first-order chi connectivity index (χ1) is 15.9. The zero-order valence-electron chi connectivity index (χ0n) is 20.3. The van der Waals surface area contributed by atoms with Gasteiger partial charge < -0.3 is 5.11 Å². The highest BCUT2D eigenvalue weighted by atomic mass is 32.2. The minimum Gasteiger partial charge on any atom is -0.388 e. The minimum atomic E-state index is -0.559. The number of aromatic nitrogens is 1. The molecule has 4 aliphatic rings. The third-order valence-electron chi connectivity index (χ3n) is 10.9. The fourth-order valence-corrected chi connectivity index (χ4v) is 11.2. The van der Waals surface area contributed by atoms with Crippen LogP contribution in [0.4, 0.5) is 0 Å². The Kier molecular flexibility index (Phi) is 5.74. The van der Waals surface area contributed by atoms with Gasteiger partial charge in [0.25, 0.3) is 0 Å². The van der Waals surface area contributed by atoms with E-state index in [1.807, 2.05) is 6.20 Å². The van der Waals surface area contributed by atoms with Gasteiger partial charge >= 0.3 is 0 Å². The van der Waals surface area contributed by atoms with Gasteiger partial charge in [0.2, 0.25) is 0 Å². The summed E-state index contributed by atoms with van der Waals surface area (Å²) in [5, 5.41) is 12.1. The smallest absolute Gasteiger partial charge is 0.150 e. The van der Waals surface area contributed by atoms with Crippen LogP contribution in [-0.2, 0) is 0 Å². The molecule has 0 radical (unpaired) electrons. The Morgan fingerprint density at radius 3 is 2.64 bits per heavy atom. The van der Waals surface area contributed by atoms with Gasteiger partial charge in [-0.2, -0.15) is 0 Å². The molecule has 1 N–H and O–H groups in total. The maximum Gasteiger partial charge on any atom is 0.150 e.